The van der Waals surface area contributed by atoms with E-state index in [2.05, 4.69) is 4.74 Å². The number of rotatable bonds is 2. The van der Waals surface area contributed by atoms with Crippen LogP contribution in [-0.2, 0) is 11.2 Å². The number of hydrogen-bond acceptors (Lipinski definition) is 3. The van der Waals surface area contributed by atoms with Gasteiger partial charge < -0.3 is 4.74 Å². The van der Waals surface area contributed by atoms with Gasteiger partial charge in [0.2, 0.25) is 0 Å². The second-order valence-corrected chi connectivity index (χ2v) is 3.50. The van der Waals surface area contributed by atoms with E-state index in [1.54, 1.807) is 0 Å². The molecule has 0 aliphatic carbocycles. The van der Waals surface area contributed by atoms with Gasteiger partial charge in [0.05, 0.1) is 30.2 Å². The fourth-order valence-electron chi connectivity index (χ4n) is 1.11. The highest BCUT2D eigenvalue weighted by Crippen LogP contribution is 2.28. The molecule has 0 bridgehead atoms. The molecule has 0 spiro atoms. The van der Waals surface area contributed by atoms with E-state index in [1.807, 2.05) is 6.07 Å². The molecule has 0 unspecified atom stereocenters. The van der Waals surface area contributed by atoms with Crippen molar-refractivity contribution >= 4 is 29.2 Å². The van der Waals surface area contributed by atoms with Crippen molar-refractivity contribution in [2.45, 2.75) is 6.42 Å². The summed E-state index contributed by atoms with van der Waals surface area (Å²) >= 11 is 11.8. The van der Waals surface area contributed by atoms with E-state index in [1.165, 1.54) is 19.2 Å². The number of esters is 1. The van der Waals surface area contributed by atoms with Crippen LogP contribution in [-0.4, -0.2) is 13.1 Å². The molecule has 0 aliphatic rings. The zero-order chi connectivity index (χ0) is 11.4. The molecule has 5 heteroatoms. The van der Waals surface area contributed by atoms with E-state index in [0.717, 1.165) is 0 Å². The minimum Gasteiger partial charge on any atom is -0.465 e. The Morgan fingerprint density at radius 3 is 2.73 bits per heavy atom. The number of carbonyl (C=O) groups excluding carboxylic acids is 1. The standard InChI is InChI=1S/C10H7Cl2NO2/c1-15-10(14)7-2-3-8(11)6(4-5-13)9(7)12/h2-3H,4H2,1H3. The summed E-state index contributed by atoms with van der Waals surface area (Å²) in [5.74, 6) is -0.546. The van der Waals surface area contributed by atoms with Gasteiger partial charge in [0.25, 0.3) is 0 Å². The van der Waals surface area contributed by atoms with Crippen molar-refractivity contribution in [1.29, 1.82) is 5.26 Å². The Hall–Kier alpha value is -1.24. The fraction of sp³-hybridized carbons (Fsp3) is 0.200. The maximum Gasteiger partial charge on any atom is 0.339 e. The summed E-state index contributed by atoms with van der Waals surface area (Å²) in [6.07, 6.45) is 0.0580. The van der Waals surface area contributed by atoms with Crippen LogP contribution in [0.5, 0.6) is 0 Å². The van der Waals surface area contributed by atoms with Gasteiger partial charge in [-0.1, -0.05) is 23.2 Å². The van der Waals surface area contributed by atoms with Crippen molar-refractivity contribution in [1.82, 2.24) is 0 Å². The van der Waals surface area contributed by atoms with Crippen LogP contribution < -0.4 is 0 Å². The van der Waals surface area contributed by atoms with Crippen LogP contribution in [0.15, 0.2) is 12.1 Å². The molecule has 0 aromatic heterocycles. The maximum absolute atomic E-state index is 11.3. The molecule has 0 radical (unpaired) electrons. The van der Waals surface area contributed by atoms with Crippen LogP contribution in [0.4, 0.5) is 0 Å². The van der Waals surface area contributed by atoms with Gasteiger partial charge in [-0.3, -0.25) is 0 Å². The third kappa shape index (κ3) is 2.41. The zero-order valence-corrected chi connectivity index (χ0v) is 9.39. The Kier molecular flexibility index (Phi) is 3.96. The normalized spacial score (nSPS) is 9.47. The molecule has 0 amide bonds. The number of benzene rings is 1. The highest BCUT2D eigenvalue weighted by molar-refractivity contribution is 6.38. The summed E-state index contributed by atoms with van der Waals surface area (Å²) in [5.41, 5.74) is 0.664. The van der Waals surface area contributed by atoms with Gasteiger partial charge in [-0.15, -0.1) is 0 Å². The van der Waals surface area contributed by atoms with E-state index >= 15 is 0 Å². The number of carbonyl (C=O) groups is 1. The van der Waals surface area contributed by atoms with E-state index in [0.29, 0.717) is 10.6 Å². The average molecular weight is 244 g/mol. The van der Waals surface area contributed by atoms with Gasteiger partial charge in [0.1, 0.15) is 0 Å². The molecular weight excluding hydrogens is 237 g/mol. The topological polar surface area (TPSA) is 50.1 Å². The molecule has 1 rings (SSSR count). The van der Waals surface area contributed by atoms with Gasteiger partial charge in [-0.2, -0.15) is 5.26 Å². The smallest absolute Gasteiger partial charge is 0.339 e. The van der Waals surface area contributed by atoms with Crippen LogP contribution >= 0.6 is 23.2 Å². The van der Waals surface area contributed by atoms with Gasteiger partial charge in [-0.05, 0) is 12.1 Å². The van der Waals surface area contributed by atoms with Crippen molar-refractivity contribution in [2.75, 3.05) is 7.11 Å². The van der Waals surface area contributed by atoms with Gasteiger partial charge in [0, 0.05) is 10.6 Å². The predicted octanol–water partition coefficient (Wildman–Crippen LogP) is 2.85. The molecule has 0 heterocycles. The third-order valence-electron chi connectivity index (χ3n) is 1.85. The molecule has 3 nitrogen and oxygen atoms in total. The molecular formula is C10H7Cl2NO2. The third-order valence-corrected chi connectivity index (χ3v) is 2.63. The lowest BCUT2D eigenvalue weighted by molar-refractivity contribution is 0.0601. The van der Waals surface area contributed by atoms with E-state index in [9.17, 15) is 4.79 Å². The van der Waals surface area contributed by atoms with Crippen molar-refractivity contribution in [3.8, 4) is 6.07 Å². The summed E-state index contributed by atoms with van der Waals surface area (Å²) in [4.78, 5) is 11.3. The van der Waals surface area contributed by atoms with Crippen LogP contribution in [0, 0.1) is 11.3 Å². The van der Waals surface area contributed by atoms with E-state index in [-0.39, 0.29) is 17.0 Å². The summed E-state index contributed by atoms with van der Waals surface area (Å²) < 4.78 is 4.54. The Bertz CT molecular complexity index is 438. The fourth-order valence-corrected chi connectivity index (χ4v) is 1.69. The van der Waals surface area contributed by atoms with Gasteiger partial charge in [-0.25, -0.2) is 4.79 Å². The summed E-state index contributed by atoms with van der Waals surface area (Å²) in [5, 5.41) is 9.12. The highest BCUT2D eigenvalue weighted by atomic mass is 35.5. The van der Waals surface area contributed by atoms with Gasteiger partial charge >= 0.3 is 5.97 Å². The summed E-state index contributed by atoms with van der Waals surface area (Å²) in [7, 11) is 1.26. The predicted molar refractivity (Wildman–Crippen MR) is 57.1 cm³/mol. The number of hydrogen-bond donors (Lipinski definition) is 0. The Morgan fingerprint density at radius 2 is 2.20 bits per heavy atom. The molecule has 0 atom stereocenters. The number of halogens is 2. The molecule has 0 saturated carbocycles. The minimum atomic E-state index is -0.546. The quantitative estimate of drug-likeness (QED) is 0.751. The molecule has 0 aliphatic heterocycles. The Labute approximate surface area is 97.2 Å². The lowest BCUT2D eigenvalue weighted by Crippen LogP contribution is -2.04. The number of nitrogens with zero attached hydrogens (tertiary/aromatic N) is 1. The molecule has 0 saturated heterocycles. The first-order valence-electron chi connectivity index (χ1n) is 4.04. The zero-order valence-electron chi connectivity index (χ0n) is 7.88. The van der Waals surface area contributed by atoms with Gasteiger partial charge in [0.15, 0.2) is 0 Å². The molecule has 0 fully saturated rings. The number of ether oxygens (including phenoxy) is 1. The van der Waals surface area contributed by atoms with Crippen molar-refractivity contribution < 1.29 is 9.53 Å². The van der Waals surface area contributed by atoms with Crippen LogP contribution in [0.1, 0.15) is 15.9 Å². The SMILES string of the molecule is COC(=O)c1ccc(Cl)c(CC#N)c1Cl. The number of nitriles is 1. The second kappa shape index (κ2) is 5.01. The largest absolute Gasteiger partial charge is 0.465 e. The summed E-state index contributed by atoms with van der Waals surface area (Å²) in [6, 6.07) is 4.92. The number of methoxy groups -OCH3 is 1. The van der Waals surface area contributed by atoms with Crippen molar-refractivity contribution in [3.63, 3.8) is 0 Å². The monoisotopic (exact) mass is 243 g/mol. The van der Waals surface area contributed by atoms with Crippen LogP contribution in [0.25, 0.3) is 0 Å². The molecule has 1 aromatic carbocycles. The molecule has 78 valence electrons. The maximum atomic E-state index is 11.3. The van der Waals surface area contributed by atoms with E-state index < -0.39 is 5.97 Å². The Balaban J connectivity index is 3.29. The van der Waals surface area contributed by atoms with Crippen molar-refractivity contribution in [2.24, 2.45) is 0 Å². The highest BCUT2D eigenvalue weighted by Gasteiger charge is 2.16. The first-order valence-corrected chi connectivity index (χ1v) is 4.79. The van der Waals surface area contributed by atoms with Crippen LogP contribution in [0.3, 0.4) is 0 Å². The van der Waals surface area contributed by atoms with Crippen LogP contribution in [0.2, 0.25) is 10.0 Å². The summed E-state index contributed by atoms with van der Waals surface area (Å²) in [6.45, 7) is 0. The lowest BCUT2D eigenvalue weighted by Gasteiger charge is -2.07. The molecule has 0 N–H and O–H groups in total. The lowest BCUT2D eigenvalue weighted by atomic mass is 10.1. The first-order chi connectivity index (χ1) is 7.11. The Morgan fingerprint density at radius 1 is 1.53 bits per heavy atom. The first kappa shape index (κ1) is 11.8. The van der Waals surface area contributed by atoms with E-state index in [4.69, 9.17) is 28.5 Å². The molecule has 15 heavy (non-hydrogen) atoms. The minimum absolute atomic E-state index is 0.0580. The average Bonchev–Trinajstić information content (AvgIpc) is 2.23. The second-order valence-electron chi connectivity index (χ2n) is 2.71. The molecule has 1 aromatic rings. The van der Waals surface area contributed by atoms with Crippen molar-refractivity contribution in [3.05, 3.63) is 33.3 Å².